The van der Waals surface area contributed by atoms with Gasteiger partial charge in [0.1, 0.15) is 5.02 Å². The first-order valence-corrected chi connectivity index (χ1v) is 6.77. The first-order valence-electron chi connectivity index (χ1n) is 6.39. The zero-order chi connectivity index (χ0) is 13.0. The molecule has 18 heavy (non-hydrogen) atoms. The largest absolute Gasteiger partial charge is 0.367 e. The van der Waals surface area contributed by atoms with Crippen molar-refractivity contribution < 1.29 is 0 Å². The van der Waals surface area contributed by atoms with Crippen molar-refractivity contribution in [2.45, 2.75) is 32.2 Å². The summed E-state index contributed by atoms with van der Waals surface area (Å²) in [6, 6.07) is 0.419. The molecule has 1 aliphatic heterocycles. The zero-order valence-corrected chi connectivity index (χ0v) is 11.3. The maximum atomic E-state index is 11.3. The number of halogens is 1. The summed E-state index contributed by atoms with van der Waals surface area (Å²) in [5.74, 6) is 0.462. The number of piperidine rings is 1. The Morgan fingerprint density at radius 1 is 1.50 bits per heavy atom. The topological polar surface area (TPSA) is 61.0 Å². The molecule has 0 saturated carbocycles. The predicted octanol–water partition coefficient (Wildman–Crippen LogP) is 1.71. The molecule has 1 saturated heterocycles. The van der Waals surface area contributed by atoms with E-state index in [1.807, 2.05) is 0 Å². The summed E-state index contributed by atoms with van der Waals surface area (Å²) in [6.45, 7) is 5.23. The van der Waals surface area contributed by atoms with Gasteiger partial charge in [-0.25, -0.2) is 4.98 Å². The van der Waals surface area contributed by atoms with E-state index in [0.717, 1.165) is 19.6 Å². The fourth-order valence-corrected chi connectivity index (χ4v) is 2.41. The fourth-order valence-electron chi connectivity index (χ4n) is 2.24. The van der Waals surface area contributed by atoms with Crippen molar-refractivity contribution in [2.24, 2.45) is 0 Å². The Morgan fingerprint density at radius 2 is 2.22 bits per heavy atom. The van der Waals surface area contributed by atoms with Gasteiger partial charge in [-0.2, -0.15) is 0 Å². The molecule has 1 aromatic heterocycles. The molecule has 1 aliphatic rings. The number of aromatic amines is 1. The average molecular weight is 271 g/mol. The number of likely N-dealkylation sites (tertiary alicyclic amines) is 1. The van der Waals surface area contributed by atoms with Crippen molar-refractivity contribution in [3.63, 3.8) is 0 Å². The van der Waals surface area contributed by atoms with Gasteiger partial charge in [0.05, 0.1) is 6.33 Å². The molecule has 6 heteroatoms. The number of rotatable bonds is 4. The van der Waals surface area contributed by atoms with Gasteiger partial charge in [-0.3, -0.25) is 9.69 Å². The Labute approximate surface area is 112 Å². The van der Waals surface area contributed by atoms with Crippen molar-refractivity contribution in [1.29, 1.82) is 0 Å². The third-order valence-electron chi connectivity index (χ3n) is 3.38. The summed E-state index contributed by atoms with van der Waals surface area (Å²) in [7, 11) is 0. The van der Waals surface area contributed by atoms with Crippen LogP contribution in [0.5, 0.6) is 0 Å². The molecule has 2 heterocycles. The van der Waals surface area contributed by atoms with Gasteiger partial charge in [0.25, 0.3) is 5.56 Å². The SMILES string of the molecule is CC(CNc1nc[nH]c(=O)c1Cl)N1CCCCC1. The molecule has 100 valence electrons. The first-order chi connectivity index (χ1) is 8.68. The van der Waals surface area contributed by atoms with Crippen molar-refractivity contribution in [1.82, 2.24) is 14.9 Å². The number of nitrogens with zero attached hydrogens (tertiary/aromatic N) is 2. The lowest BCUT2D eigenvalue weighted by Gasteiger charge is -2.32. The Bertz CT molecular complexity index is 442. The maximum Gasteiger partial charge on any atom is 0.271 e. The summed E-state index contributed by atoms with van der Waals surface area (Å²) in [6.07, 6.45) is 5.24. The normalized spacial score (nSPS) is 18.6. The highest BCUT2D eigenvalue weighted by atomic mass is 35.5. The predicted molar refractivity (Wildman–Crippen MR) is 73.2 cm³/mol. The van der Waals surface area contributed by atoms with Crippen molar-refractivity contribution >= 4 is 17.4 Å². The number of H-pyrrole nitrogens is 1. The minimum atomic E-state index is -0.306. The molecule has 0 aromatic carbocycles. The van der Waals surface area contributed by atoms with Crippen LogP contribution in [0.1, 0.15) is 26.2 Å². The number of anilines is 1. The lowest BCUT2D eigenvalue weighted by Crippen LogP contribution is -2.41. The summed E-state index contributed by atoms with van der Waals surface area (Å²) >= 11 is 5.88. The molecule has 0 spiro atoms. The Kier molecular flexibility index (Phi) is 4.60. The second kappa shape index (κ2) is 6.20. The Morgan fingerprint density at radius 3 is 2.94 bits per heavy atom. The molecule has 1 unspecified atom stereocenters. The molecule has 0 radical (unpaired) electrons. The van der Waals surface area contributed by atoms with Crippen LogP contribution in [-0.4, -0.2) is 40.5 Å². The lowest BCUT2D eigenvalue weighted by atomic mass is 10.1. The van der Waals surface area contributed by atoms with E-state index < -0.39 is 0 Å². The summed E-state index contributed by atoms with van der Waals surface area (Å²) in [5.41, 5.74) is -0.306. The minimum Gasteiger partial charge on any atom is -0.367 e. The molecule has 2 rings (SSSR count). The molecule has 5 nitrogen and oxygen atoms in total. The Balaban J connectivity index is 1.90. The van der Waals surface area contributed by atoms with Gasteiger partial charge in [0.15, 0.2) is 5.82 Å². The van der Waals surface area contributed by atoms with E-state index in [4.69, 9.17) is 11.6 Å². The van der Waals surface area contributed by atoms with E-state index in [-0.39, 0.29) is 10.6 Å². The van der Waals surface area contributed by atoms with E-state index in [1.165, 1.54) is 25.6 Å². The highest BCUT2D eigenvalue weighted by molar-refractivity contribution is 6.32. The van der Waals surface area contributed by atoms with Gasteiger partial charge in [0, 0.05) is 12.6 Å². The third kappa shape index (κ3) is 3.23. The number of nitrogens with one attached hydrogen (secondary N) is 2. The standard InChI is InChI=1S/C12H19ClN4O/c1-9(17-5-3-2-4-6-17)7-14-11-10(13)12(18)16-8-15-11/h8-9H,2-7H2,1H3,(H2,14,15,16,18). The van der Waals surface area contributed by atoms with Crippen LogP contribution in [0.15, 0.2) is 11.1 Å². The number of hydrogen-bond donors (Lipinski definition) is 2. The van der Waals surface area contributed by atoms with Crippen LogP contribution in [-0.2, 0) is 0 Å². The first kappa shape index (κ1) is 13.4. The van der Waals surface area contributed by atoms with Crippen LogP contribution in [0.3, 0.4) is 0 Å². The summed E-state index contributed by atoms with van der Waals surface area (Å²) in [5, 5.41) is 3.27. The van der Waals surface area contributed by atoms with Gasteiger partial charge >= 0.3 is 0 Å². The number of aromatic nitrogens is 2. The third-order valence-corrected chi connectivity index (χ3v) is 3.73. The lowest BCUT2D eigenvalue weighted by molar-refractivity contribution is 0.180. The minimum absolute atomic E-state index is 0.128. The van der Waals surface area contributed by atoms with Gasteiger partial charge in [-0.15, -0.1) is 0 Å². The van der Waals surface area contributed by atoms with E-state index in [2.05, 4.69) is 27.1 Å². The highest BCUT2D eigenvalue weighted by Crippen LogP contribution is 2.15. The molecule has 0 amide bonds. The van der Waals surface area contributed by atoms with Gasteiger partial charge in [0.2, 0.25) is 0 Å². The van der Waals surface area contributed by atoms with Crippen LogP contribution < -0.4 is 10.9 Å². The molecule has 0 aliphatic carbocycles. The Hall–Kier alpha value is -1.07. The zero-order valence-electron chi connectivity index (χ0n) is 10.6. The van der Waals surface area contributed by atoms with Crippen molar-refractivity contribution in [2.75, 3.05) is 25.0 Å². The van der Waals surface area contributed by atoms with E-state index in [9.17, 15) is 4.79 Å². The van der Waals surface area contributed by atoms with Gasteiger partial charge in [-0.05, 0) is 32.9 Å². The highest BCUT2D eigenvalue weighted by Gasteiger charge is 2.17. The quantitative estimate of drug-likeness (QED) is 0.874. The number of hydrogen-bond acceptors (Lipinski definition) is 4. The molecule has 1 atom stereocenters. The second-order valence-corrected chi connectivity index (χ2v) is 5.10. The van der Waals surface area contributed by atoms with Crippen LogP contribution in [0.25, 0.3) is 0 Å². The van der Waals surface area contributed by atoms with Crippen LogP contribution in [0.4, 0.5) is 5.82 Å². The summed E-state index contributed by atoms with van der Waals surface area (Å²) in [4.78, 5) is 20.2. The van der Waals surface area contributed by atoms with Crippen LogP contribution in [0.2, 0.25) is 5.02 Å². The van der Waals surface area contributed by atoms with Crippen LogP contribution in [0, 0.1) is 0 Å². The van der Waals surface area contributed by atoms with Gasteiger partial charge in [-0.1, -0.05) is 18.0 Å². The molecular formula is C12H19ClN4O. The van der Waals surface area contributed by atoms with Crippen molar-refractivity contribution in [3.8, 4) is 0 Å². The monoisotopic (exact) mass is 270 g/mol. The van der Waals surface area contributed by atoms with Crippen molar-refractivity contribution in [3.05, 3.63) is 21.7 Å². The van der Waals surface area contributed by atoms with E-state index >= 15 is 0 Å². The molecule has 1 fully saturated rings. The molecular weight excluding hydrogens is 252 g/mol. The smallest absolute Gasteiger partial charge is 0.271 e. The van der Waals surface area contributed by atoms with E-state index in [1.54, 1.807) is 0 Å². The second-order valence-electron chi connectivity index (χ2n) is 4.72. The van der Waals surface area contributed by atoms with E-state index in [0.29, 0.717) is 11.9 Å². The average Bonchev–Trinajstić information content (AvgIpc) is 2.41. The molecule has 2 N–H and O–H groups in total. The maximum absolute atomic E-state index is 11.3. The fraction of sp³-hybridized carbons (Fsp3) is 0.667. The van der Waals surface area contributed by atoms with Crippen LogP contribution >= 0.6 is 11.6 Å². The molecule has 1 aromatic rings. The molecule has 0 bridgehead atoms. The van der Waals surface area contributed by atoms with Gasteiger partial charge < -0.3 is 10.3 Å². The summed E-state index contributed by atoms with van der Waals surface area (Å²) < 4.78 is 0.